The minimum Gasteiger partial charge on any atom is -0.480 e. The highest BCUT2D eigenvalue weighted by Gasteiger charge is 2.28. The molecule has 0 saturated heterocycles. The van der Waals surface area contributed by atoms with Gasteiger partial charge in [0.2, 0.25) is 5.88 Å². The summed E-state index contributed by atoms with van der Waals surface area (Å²) in [5.74, 6) is 1.89. The van der Waals surface area contributed by atoms with Crippen LogP contribution in [0.2, 0.25) is 0 Å². The van der Waals surface area contributed by atoms with Crippen LogP contribution >= 0.6 is 15.9 Å². The Morgan fingerprint density at radius 2 is 2.15 bits per heavy atom. The lowest BCUT2D eigenvalue weighted by Crippen LogP contribution is -2.38. The number of pyridine rings is 1. The summed E-state index contributed by atoms with van der Waals surface area (Å²) in [7, 11) is 1.60. The Bertz CT molecular complexity index is 515. The Labute approximate surface area is 126 Å². The fourth-order valence-corrected chi connectivity index (χ4v) is 3.21. The number of hydroxylamine groups is 1. The molecule has 0 aromatic carbocycles. The number of amidine groups is 1. The van der Waals surface area contributed by atoms with Crippen LogP contribution in [-0.2, 0) is 4.84 Å². The van der Waals surface area contributed by atoms with E-state index in [1.54, 1.807) is 7.11 Å². The van der Waals surface area contributed by atoms with Gasteiger partial charge in [0.1, 0.15) is 5.69 Å². The van der Waals surface area contributed by atoms with Crippen molar-refractivity contribution in [1.29, 1.82) is 0 Å². The Morgan fingerprint density at radius 3 is 2.90 bits per heavy atom. The molecule has 108 valence electrons. The number of methoxy groups -OCH3 is 1. The molecular weight excluding hydrogens is 322 g/mol. The number of rotatable bonds is 3. The summed E-state index contributed by atoms with van der Waals surface area (Å²) in [6.07, 6.45) is 5.12. The number of hydrogen-bond acceptors (Lipinski definition) is 5. The fourth-order valence-electron chi connectivity index (χ4n) is 2.83. The van der Waals surface area contributed by atoms with Crippen molar-refractivity contribution in [3.05, 3.63) is 22.3 Å². The molecule has 1 fully saturated rings. The highest BCUT2D eigenvalue weighted by molar-refractivity contribution is 9.10. The van der Waals surface area contributed by atoms with Crippen LogP contribution < -0.4 is 10.2 Å². The van der Waals surface area contributed by atoms with Crippen LogP contribution in [0.1, 0.15) is 31.4 Å². The molecule has 0 spiro atoms. The molecule has 1 saturated carbocycles. The van der Waals surface area contributed by atoms with Gasteiger partial charge in [0.25, 0.3) is 0 Å². The summed E-state index contributed by atoms with van der Waals surface area (Å²) >= 11 is 3.40. The van der Waals surface area contributed by atoms with Crippen LogP contribution in [0.25, 0.3) is 0 Å². The predicted molar refractivity (Wildman–Crippen MR) is 79.9 cm³/mol. The van der Waals surface area contributed by atoms with Gasteiger partial charge in [-0.2, -0.15) is 0 Å². The molecule has 1 unspecified atom stereocenters. The molecule has 1 aliphatic carbocycles. The second kappa shape index (κ2) is 6.10. The number of nitrogens with zero attached hydrogens (tertiary/aromatic N) is 2. The average Bonchev–Trinajstić information content (AvgIpc) is 3.02. The number of hydrogen-bond donors (Lipinski definition) is 1. The zero-order valence-corrected chi connectivity index (χ0v) is 13.0. The van der Waals surface area contributed by atoms with Crippen molar-refractivity contribution in [2.24, 2.45) is 10.9 Å². The molecule has 20 heavy (non-hydrogen) atoms. The predicted octanol–water partition coefficient (Wildman–Crippen LogP) is 2.69. The average molecular weight is 340 g/mol. The van der Waals surface area contributed by atoms with Crippen LogP contribution in [0.3, 0.4) is 0 Å². The zero-order valence-electron chi connectivity index (χ0n) is 11.4. The highest BCUT2D eigenvalue weighted by atomic mass is 79.9. The maximum Gasteiger partial charge on any atom is 0.228 e. The first-order chi connectivity index (χ1) is 9.78. The Hall–Kier alpha value is -1.14. The minimum absolute atomic E-state index is 0.241. The first kappa shape index (κ1) is 13.8. The number of halogens is 1. The topological polar surface area (TPSA) is 55.7 Å². The van der Waals surface area contributed by atoms with E-state index in [1.807, 2.05) is 12.1 Å². The number of nitrogens with one attached hydrogen (secondary N) is 1. The van der Waals surface area contributed by atoms with Gasteiger partial charge in [-0.1, -0.05) is 12.8 Å². The van der Waals surface area contributed by atoms with E-state index in [0.29, 0.717) is 24.2 Å². The van der Waals surface area contributed by atoms with Gasteiger partial charge in [-0.25, -0.2) is 10.5 Å². The highest BCUT2D eigenvalue weighted by Crippen LogP contribution is 2.30. The minimum atomic E-state index is 0.241. The maximum atomic E-state index is 5.49. The summed E-state index contributed by atoms with van der Waals surface area (Å²) in [5, 5.41) is 0. The third kappa shape index (κ3) is 2.81. The van der Waals surface area contributed by atoms with E-state index < -0.39 is 0 Å². The summed E-state index contributed by atoms with van der Waals surface area (Å²) < 4.78 is 6.05. The van der Waals surface area contributed by atoms with Crippen molar-refractivity contribution >= 4 is 21.8 Å². The molecular formula is C14H18BrN3O2. The molecule has 1 aromatic rings. The number of aliphatic imine (C=N–C) groups is 1. The van der Waals surface area contributed by atoms with Gasteiger partial charge in [-0.05, 0) is 46.8 Å². The van der Waals surface area contributed by atoms with Gasteiger partial charge in [-0.15, -0.1) is 0 Å². The third-order valence-corrected chi connectivity index (χ3v) is 4.52. The van der Waals surface area contributed by atoms with Crippen molar-refractivity contribution in [2.75, 3.05) is 13.7 Å². The van der Waals surface area contributed by atoms with Gasteiger partial charge in [-0.3, -0.25) is 9.83 Å². The SMILES string of the molecule is COc1nc(C2=NC(C3CCCC3)CON2)ccc1Br. The molecule has 5 nitrogen and oxygen atoms in total. The Kier molecular flexibility index (Phi) is 4.21. The maximum absolute atomic E-state index is 5.49. The summed E-state index contributed by atoms with van der Waals surface area (Å²) in [6, 6.07) is 4.05. The van der Waals surface area contributed by atoms with Crippen molar-refractivity contribution in [2.45, 2.75) is 31.7 Å². The molecule has 0 amide bonds. The molecule has 2 heterocycles. The van der Waals surface area contributed by atoms with E-state index in [9.17, 15) is 0 Å². The number of aromatic nitrogens is 1. The normalized spacial score (nSPS) is 23.3. The summed E-state index contributed by atoms with van der Waals surface area (Å²) in [5.41, 5.74) is 3.62. The summed E-state index contributed by atoms with van der Waals surface area (Å²) in [6.45, 7) is 0.641. The van der Waals surface area contributed by atoms with Crippen LogP contribution in [-0.4, -0.2) is 30.6 Å². The first-order valence-electron chi connectivity index (χ1n) is 6.94. The molecule has 2 aliphatic rings. The van der Waals surface area contributed by atoms with Gasteiger partial charge in [0.05, 0.1) is 24.2 Å². The molecule has 0 bridgehead atoms. The van der Waals surface area contributed by atoms with Gasteiger partial charge in [0, 0.05) is 0 Å². The van der Waals surface area contributed by atoms with Crippen LogP contribution in [0.15, 0.2) is 21.6 Å². The van der Waals surface area contributed by atoms with E-state index in [4.69, 9.17) is 14.6 Å². The zero-order chi connectivity index (χ0) is 13.9. The smallest absolute Gasteiger partial charge is 0.228 e. The Morgan fingerprint density at radius 1 is 1.35 bits per heavy atom. The van der Waals surface area contributed by atoms with Crippen molar-refractivity contribution in [3.63, 3.8) is 0 Å². The van der Waals surface area contributed by atoms with E-state index in [2.05, 4.69) is 26.4 Å². The van der Waals surface area contributed by atoms with E-state index >= 15 is 0 Å². The van der Waals surface area contributed by atoms with Gasteiger partial charge >= 0.3 is 0 Å². The van der Waals surface area contributed by atoms with Crippen LogP contribution in [0, 0.1) is 5.92 Å². The van der Waals surface area contributed by atoms with Crippen molar-refractivity contribution < 1.29 is 9.57 Å². The standard InChI is InChI=1S/C14H18BrN3O2/c1-19-14-10(15)6-7-11(17-14)13-16-12(8-20-18-13)9-4-2-3-5-9/h6-7,9,12H,2-5,8H2,1H3,(H,16,18). The molecule has 1 aromatic heterocycles. The van der Waals surface area contributed by atoms with E-state index in [1.165, 1.54) is 25.7 Å². The molecule has 1 N–H and O–H groups in total. The second-order valence-electron chi connectivity index (χ2n) is 5.19. The monoisotopic (exact) mass is 339 g/mol. The van der Waals surface area contributed by atoms with Crippen molar-refractivity contribution in [1.82, 2.24) is 10.5 Å². The summed E-state index contributed by atoms with van der Waals surface area (Å²) in [4.78, 5) is 14.7. The third-order valence-electron chi connectivity index (χ3n) is 3.91. The lowest BCUT2D eigenvalue weighted by Gasteiger charge is -2.25. The van der Waals surface area contributed by atoms with Crippen LogP contribution in [0.4, 0.5) is 0 Å². The first-order valence-corrected chi connectivity index (χ1v) is 7.73. The van der Waals surface area contributed by atoms with Crippen molar-refractivity contribution in [3.8, 4) is 5.88 Å². The van der Waals surface area contributed by atoms with Gasteiger partial charge < -0.3 is 4.74 Å². The molecule has 0 radical (unpaired) electrons. The molecule has 1 aliphatic heterocycles. The molecule has 3 rings (SSSR count). The second-order valence-corrected chi connectivity index (χ2v) is 6.04. The van der Waals surface area contributed by atoms with E-state index in [0.717, 1.165) is 10.2 Å². The molecule has 1 atom stereocenters. The molecule has 6 heteroatoms. The largest absolute Gasteiger partial charge is 0.480 e. The van der Waals surface area contributed by atoms with Crippen LogP contribution in [0.5, 0.6) is 5.88 Å². The quantitative estimate of drug-likeness (QED) is 0.919. The lowest BCUT2D eigenvalue weighted by atomic mass is 9.99. The van der Waals surface area contributed by atoms with Gasteiger partial charge in [0.15, 0.2) is 5.84 Å². The van der Waals surface area contributed by atoms with E-state index in [-0.39, 0.29) is 6.04 Å². The fraction of sp³-hybridized carbons (Fsp3) is 0.571. The Balaban J connectivity index is 1.84. The lowest BCUT2D eigenvalue weighted by molar-refractivity contribution is 0.0498. The number of ether oxygens (including phenoxy) is 1.